The van der Waals surface area contributed by atoms with Crippen molar-refractivity contribution in [1.29, 1.82) is 0 Å². The summed E-state index contributed by atoms with van der Waals surface area (Å²) < 4.78 is 24.9. The zero-order valence-corrected chi connectivity index (χ0v) is 8.18. The van der Waals surface area contributed by atoms with E-state index < -0.39 is 6.43 Å². The molecule has 0 radical (unpaired) electrons. The van der Waals surface area contributed by atoms with Gasteiger partial charge in [-0.25, -0.2) is 8.78 Å². The minimum atomic E-state index is -2.65. The van der Waals surface area contributed by atoms with Gasteiger partial charge in [0, 0.05) is 5.33 Å². The predicted molar refractivity (Wildman–Crippen MR) is 50.6 cm³/mol. The second-order valence-corrected chi connectivity index (χ2v) is 2.98. The number of rotatable bonds is 2. The third-order valence-corrected chi connectivity index (χ3v) is 2.15. The smallest absolute Gasteiger partial charge is 0.267 e. The van der Waals surface area contributed by atoms with Crippen LogP contribution in [0.25, 0.3) is 0 Å². The van der Waals surface area contributed by atoms with Gasteiger partial charge in [0.1, 0.15) is 0 Å². The third kappa shape index (κ3) is 1.88. The number of aromatic nitrogens is 1. The van der Waals surface area contributed by atoms with Crippen molar-refractivity contribution < 1.29 is 8.78 Å². The van der Waals surface area contributed by atoms with Crippen molar-refractivity contribution in [2.45, 2.75) is 11.8 Å². The lowest BCUT2D eigenvalue weighted by Gasteiger charge is -2.10. The van der Waals surface area contributed by atoms with E-state index in [4.69, 9.17) is 11.5 Å². The van der Waals surface area contributed by atoms with Crippen molar-refractivity contribution in [3.63, 3.8) is 0 Å². The summed E-state index contributed by atoms with van der Waals surface area (Å²) in [6, 6.07) is 0. The number of halogens is 3. The average Bonchev–Trinajstić information content (AvgIpc) is 2.08. The number of nitrogens with zero attached hydrogens (tertiary/aromatic N) is 1. The summed E-state index contributed by atoms with van der Waals surface area (Å²) in [6.07, 6.45) is -1.37. The molecule has 13 heavy (non-hydrogen) atoms. The van der Waals surface area contributed by atoms with Crippen LogP contribution >= 0.6 is 15.9 Å². The Balaban J connectivity index is 3.32. The maximum Gasteiger partial charge on any atom is 0.267 e. The Kier molecular flexibility index (Phi) is 3.02. The molecule has 72 valence electrons. The van der Waals surface area contributed by atoms with Crippen LogP contribution in [0.3, 0.4) is 0 Å². The largest absolute Gasteiger partial charge is 0.397 e. The summed E-state index contributed by atoms with van der Waals surface area (Å²) in [4.78, 5) is 3.75. The second-order valence-electron chi connectivity index (χ2n) is 2.42. The summed E-state index contributed by atoms with van der Waals surface area (Å²) in [5, 5.41) is 0.233. The van der Waals surface area contributed by atoms with Crippen LogP contribution in [0.4, 0.5) is 20.2 Å². The summed E-state index contributed by atoms with van der Waals surface area (Å²) >= 11 is 3.04. The molecule has 0 saturated carbocycles. The molecule has 1 aromatic heterocycles. The Labute approximate surface area is 82.3 Å². The number of pyridine rings is 1. The molecule has 0 aliphatic heterocycles. The predicted octanol–water partition coefficient (Wildman–Crippen LogP) is 2.08. The van der Waals surface area contributed by atoms with Crippen molar-refractivity contribution in [2.24, 2.45) is 0 Å². The van der Waals surface area contributed by atoms with E-state index in [2.05, 4.69) is 20.9 Å². The van der Waals surface area contributed by atoms with E-state index in [9.17, 15) is 8.78 Å². The van der Waals surface area contributed by atoms with Gasteiger partial charge in [0.15, 0.2) is 0 Å². The van der Waals surface area contributed by atoms with Crippen molar-refractivity contribution in [2.75, 3.05) is 11.5 Å². The van der Waals surface area contributed by atoms with Crippen LogP contribution in [-0.4, -0.2) is 4.98 Å². The van der Waals surface area contributed by atoms with Crippen LogP contribution < -0.4 is 11.5 Å². The third-order valence-electron chi connectivity index (χ3n) is 1.62. The molecule has 0 unspecified atom stereocenters. The quantitative estimate of drug-likeness (QED) is 0.792. The van der Waals surface area contributed by atoms with Crippen molar-refractivity contribution in [3.8, 4) is 0 Å². The highest BCUT2D eigenvalue weighted by Gasteiger charge is 2.18. The first-order chi connectivity index (χ1) is 6.07. The molecule has 1 aromatic rings. The van der Waals surface area contributed by atoms with E-state index in [0.717, 1.165) is 0 Å². The van der Waals surface area contributed by atoms with Gasteiger partial charge in [-0.3, -0.25) is 4.98 Å². The lowest BCUT2D eigenvalue weighted by molar-refractivity contribution is 0.151. The molecule has 0 aliphatic rings. The zero-order valence-electron chi connectivity index (χ0n) is 6.60. The van der Waals surface area contributed by atoms with Gasteiger partial charge in [0.25, 0.3) is 6.43 Å². The molecule has 1 heterocycles. The van der Waals surface area contributed by atoms with Crippen LogP contribution in [0.1, 0.15) is 17.7 Å². The number of nitrogens with two attached hydrogens (primary N) is 2. The average molecular weight is 252 g/mol. The van der Waals surface area contributed by atoms with Gasteiger partial charge in [0.2, 0.25) is 0 Å². The molecule has 3 nitrogen and oxygen atoms in total. The van der Waals surface area contributed by atoms with Gasteiger partial charge in [-0.05, 0) is 0 Å². The summed E-state index contributed by atoms with van der Waals surface area (Å²) in [6.45, 7) is 0. The highest BCUT2D eigenvalue weighted by atomic mass is 79.9. The lowest BCUT2D eigenvalue weighted by Crippen LogP contribution is -2.05. The number of nitrogen functional groups attached to an aromatic ring is 2. The van der Waals surface area contributed by atoms with Crippen LogP contribution in [0.5, 0.6) is 0 Å². The first-order valence-corrected chi connectivity index (χ1v) is 4.57. The van der Waals surface area contributed by atoms with Crippen molar-refractivity contribution in [3.05, 3.63) is 17.5 Å². The Bertz CT molecular complexity index is 317. The van der Waals surface area contributed by atoms with Crippen LogP contribution in [0.15, 0.2) is 6.20 Å². The minimum absolute atomic E-state index is 0.0833. The molecular weight excluding hydrogens is 244 g/mol. The van der Waals surface area contributed by atoms with E-state index >= 15 is 0 Å². The Hall–Kier alpha value is -0.910. The standard InChI is InChI=1S/C7H8BrF2N3/c8-1-4-5(7(9)10)6(12)3(11)2-13-4/h2,7H,1,11H2,(H2,12,13). The van der Waals surface area contributed by atoms with Crippen LogP contribution in [-0.2, 0) is 5.33 Å². The minimum Gasteiger partial charge on any atom is -0.397 e. The summed E-state index contributed by atoms with van der Waals surface area (Å²) in [7, 11) is 0. The molecule has 4 N–H and O–H groups in total. The number of hydrogen-bond donors (Lipinski definition) is 2. The normalized spacial score (nSPS) is 10.8. The lowest BCUT2D eigenvalue weighted by atomic mass is 10.1. The highest BCUT2D eigenvalue weighted by molar-refractivity contribution is 9.08. The molecule has 6 heteroatoms. The van der Waals surface area contributed by atoms with E-state index in [-0.39, 0.29) is 28.0 Å². The Morgan fingerprint density at radius 3 is 2.54 bits per heavy atom. The first kappa shape index (κ1) is 10.2. The molecule has 0 aromatic carbocycles. The fourth-order valence-electron chi connectivity index (χ4n) is 0.947. The fourth-order valence-corrected chi connectivity index (χ4v) is 1.39. The van der Waals surface area contributed by atoms with Gasteiger partial charge < -0.3 is 11.5 Å². The van der Waals surface area contributed by atoms with Crippen molar-refractivity contribution in [1.82, 2.24) is 4.98 Å². The van der Waals surface area contributed by atoms with E-state index in [1.165, 1.54) is 6.20 Å². The molecule has 1 rings (SSSR count). The molecule has 0 saturated heterocycles. The van der Waals surface area contributed by atoms with Gasteiger partial charge in [-0.1, -0.05) is 15.9 Å². The maximum absolute atomic E-state index is 12.5. The van der Waals surface area contributed by atoms with E-state index in [1.807, 2.05) is 0 Å². The SMILES string of the molecule is Nc1cnc(CBr)c(C(F)F)c1N. The van der Waals surface area contributed by atoms with Crippen LogP contribution in [0, 0.1) is 0 Å². The first-order valence-electron chi connectivity index (χ1n) is 3.44. The Morgan fingerprint density at radius 2 is 2.08 bits per heavy atom. The Morgan fingerprint density at radius 1 is 1.46 bits per heavy atom. The molecule has 0 aliphatic carbocycles. The molecule has 0 fully saturated rings. The van der Waals surface area contributed by atoms with Gasteiger partial charge in [-0.2, -0.15) is 0 Å². The summed E-state index contributed by atoms with van der Waals surface area (Å²) in [5.41, 5.74) is 10.7. The van der Waals surface area contributed by atoms with E-state index in [1.54, 1.807) is 0 Å². The van der Waals surface area contributed by atoms with Gasteiger partial charge in [0.05, 0.1) is 28.8 Å². The number of alkyl halides is 3. The van der Waals surface area contributed by atoms with Crippen LogP contribution in [0.2, 0.25) is 0 Å². The maximum atomic E-state index is 12.5. The number of anilines is 2. The topological polar surface area (TPSA) is 64.9 Å². The van der Waals surface area contributed by atoms with Gasteiger partial charge in [-0.15, -0.1) is 0 Å². The summed E-state index contributed by atoms with van der Waals surface area (Å²) in [5.74, 6) is 0. The van der Waals surface area contributed by atoms with Gasteiger partial charge >= 0.3 is 0 Å². The molecule has 0 bridgehead atoms. The highest BCUT2D eigenvalue weighted by Crippen LogP contribution is 2.31. The fraction of sp³-hybridized carbons (Fsp3) is 0.286. The second kappa shape index (κ2) is 3.87. The number of hydrogen-bond acceptors (Lipinski definition) is 3. The molecule has 0 spiro atoms. The molecule has 0 amide bonds. The molecular formula is C7H8BrF2N3. The zero-order chi connectivity index (χ0) is 10.0. The molecule has 0 atom stereocenters. The van der Waals surface area contributed by atoms with Crippen molar-refractivity contribution >= 4 is 27.3 Å². The van der Waals surface area contributed by atoms with E-state index in [0.29, 0.717) is 0 Å². The monoisotopic (exact) mass is 251 g/mol.